The quantitative estimate of drug-likeness (QED) is 0.156. The average molecular weight is 847 g/mol. The Morgan fingerprint density at radius 1 is 0.369 bits per heavy atom. The van der Waals surface area contributed by atoms with Gasteiger partial charge in [-0.2, -0.15) is 0 Å². The van der Waals surface area contributed by atoms with Crippen LogP contribution in [0.2, 0.25) is 0 Å². The zero-order chi connectivity index (χ0) is 43.6. The summed E-state index contributed by atoms with van der Waals surface area (Å²) in [5.41, 5.74) is 9.24. The Morgan fingerprint density at radius 2 is 0.708 bits per heavy atom. The number of nitrogens with zero attached hydrogens (tertiary/aromatic N) is 10. The molecule has 0 amide bonds. The Balaban J connectivity index is 1.18. The third-order valence-electron chi connectivity index (χ3n) is 11.9. The topological polar surface area (TPSA) is 113 Å². The zero-order valence-corrected chi connectivity index (χ0v) is 34.5. The summed E-state index contributed by atoms with van der Waals surface area (Å²) in [7, 11) is 0. The molecular formula is C53H32F2N10. The van der Waals surface area contributed by atoms with Crippen LogP contribution >= 0.6 is 0 Å². The lowest BCUT2D eigenvalue weighted by Gasteiger charge is -2.22. The van der Waals surface area contributed by atoms with E-state index < -0.39 is 11.6 Å². The highest BCUT2D eigenvalue weighted by atomic mass is 19.1. The van der Waals surface area contributed by atoms with Gasteiger partial charge in [0.05, 0.1) is 39.0 Å². The van der Waals surface area contributed by atoms with Crippen molar-refractivity contribution < 1.29 is 8.78 Å². The number of hydrogen-bond donors (Lipinski definition) is 0. The lowest BCUT2D eigenvalue weighted by atomic mass is 9.97. The molecule has 308 valence electrons. The number of hydrogen-bond acceptors (Lipinski definition) is 8. The molecule has 0 atom stereocenters. The van der Waals surface area contributed by atoms with E-state index >= 15 is 8.78 Å². The highest BCUT2D eigenvalue weighted by Gasteiger charge is 2.26. The number of fused-ring (bicyclic) bond motifs is 6. The molecule has 6 aromatic heterocycles. The van der Waals surface area contributed by atoms with E-state index in [1.54, 1.807) is 73.8 Å². The Kier molecular flexibility index (Phi) is 8.83. The van der Waals surface area contributed by atoms with Crippen LogP contribution in [0.1, 0.15) is 5.56 Å². The van der Waals surface area contributed by atoms with Crippen LogP contribution in [0.15, 0.2) is 177 Å². The second-order valence-electron chi connectivity index (χ2n) is 15.6. The van der Waals surface area contributed by atoms with Gasteiger partial charge in [0.1, 0.15) is 11.6 Å². The van der Waals surface area contributed by atoms with Crippen LogP contribution in [0.25, 0.3) is 112 Å². The van der Waals surface area contributed by atoms with Gasteiger partial charge in [-0.3, -0.25) is 0 Å². The monoisotopic (exact) mass is 846 g/mol. The lowest BCUT2D eigenvalue weighted by Crippen LogP contribution is -2.07. The number of halogens is 2. The molecule has 65 heavy (non-hydrogen) atoms. The van der Waals surface area contributed by atoms with E-state index in [0.717, 1.165) is 77.1 Å². The van der Waals surface area contributed by atoms with Crippen molar-refractivity contribution in [1.82, 2.24) is 49.0 Å². The van der Waals surface area contributed by atoms with E-state index in [1.807, 2.05) is 55.5 Å². The van der Waals surface area contributed by atoms with Crippen LogP contribution in [0.3, 0.4) is 0 Å². The molecule has 10 nitrogen and oxygen atoms in total. The van der Waals surface area contributed by atoms with Crippen molar-refractivity contribution in [2.45, 2.75) is 6.92 Å². The minimum atomic E-state index is -0.672. The maximum absolute atomic E-state index is 16.2. The minimum Gasteiger partial charge on any atom is -0.309 e. The number of benzene rings is 6. The SMILES string of the molecule is Cc1c(-n2c3ccc(-c4ncccn4)cc3c3cc(-c4ncccn4)ccc32)ccc(-c2c(F)cccc2F)c1-n1c2ccc(-c3ncccn3)cc2c2cc(-c3ncccn3)ccc21. The molecule has 6 heterocycles. The van der Waals surface area contributed by atoms with Gasteiger partial charge in [-0.1, -0.05) is 6.07 Å². The molecule has 0 unspecified atom stereocenters. The fourth-order valence-corrected chi connectivity index (χ4v) is 9.07. The van der Waals surface area contributed by atoms with Gasteiger partial charge in [-0.05, 0) is 134 Å². The maximum atomic E-state index is 16.2. The molecule has 12 rings (SSSR count). The molecular weight excluding hydrogens is 815 g/mol. The highest BCUT2D eigenvalue weighted by molar-refractivity contribution is 6.13. The summed E-state index contributed by atoms with van der Waals surface area (Å²) in [5, 5.41) is 3.68. The van der Waals surface area contributed by atoms with Crippen molar-refractivity contribution in [3.05, 3.63) is 194 Å². The Hall–Kier alpha value is -8.90. The van der Waals surface area contributed by atoms with Crippen LogP contribution in [0, 0.1) is 18.6 Å². The fourth-order valence-electron chi connectivity index (χ4n) is 9.07. The van der Waals surface area contributed by atoms with Crippen molar-refractivity contribution in [1.29, 1.82) is 0 Å². The number of aromatic nitrogens is 10. The molecule has 0 aliphatic heterocycles. The van der Waals surface area contributed by atoms with Gasteiger partial charge in [0, 0.05) is 98.9 Å². The Labute approximate surface area is 369 Å². The smallest absolute Gasteiger partial charge is 0.159 e. The summed E-state index contributed by atoms with van der Waals surface area (Å²) in [5.74, 6) is 0.996. The molecule has 12 aromatic rings. The summed E-state index contributed by atoms with van der Waals surface area (Å²) in [6.45, 7) is 2.01. The fraction of sp³-hybridized carbons (Fsp3) is 0.0189. The van der Waals surface area contributed by atoms with Crippen molar-refractivity contribution >= 4 is 43.6 Å². The molecule has 6 aromatic carbocycles. The van der Waals surface area contributed by atoms with E-state index in [9.17, 15) is 0 Å². The summed E-state index contributed by atoms with van der Waals surface area (Å²) >= 11 is 0. The van der Waals surface area contributed by atoms with Gasteiger partial charge in [0.2, 0.25) is 0 Å². The average Bonchev–Trinajstić information content (AvgIpc) is 3.86. The van der Waals surface area contributed by atoms with Gasteiger partial charge < -0.3 is 9.13 Å². The Bertz CT molecular complexity index is 3590. The zero-order valence-electron chi connectivity index (χ0n) is 34.5. The Morgan fingerprint density at radius 3 is 1.06 bits per heavy atom. The van der Waals surface area contributed by atoms with E-state index in [1.165, 1.54) is 18.2 Å². The summed E-state index contributed by atoms with van der Waals surface area (Å²) < 4.78 is 36.8. The van der Waals surface area contributed by atoms with Crippen LogP contribution < -0.4 is 0 Å². The first kappa shape index (κ1) is 37.8. The van der Waals surface area contributed by atoms with E-state index in [-0.39, 0.29) is 5.56 Å². The van der Waals surface area contributed by atoms with Gasteiger partial charge >= 0.3 is 0 Å². The molecule has 0 bridgehead atoms. The molecule has 0 N–H and O–H groups in total. The standard InChI is InChI=1S/C53H32F2N10/c1-31-43(64-44-14-9-32(50-56-19-3-20-57-50)27-37(44)38-28-33(10-15-45(38)64)51-58-21-4-22-59-51)18-13-36(48-41(54)7-2-8-42(48)55)49(31)65-46-16-11-34(52-60-23-5-24-61-52)29-39(46)40-30-35(12-17-47(40)65)53-62-25-6-26-63-53/h2-30H,1H3. The first-order valence-corrected chi connectivity index (χ1v) is 20.8. The molecule has 0 saturated heterocycles. The van der Waals surface area contributed by atoms with Crippen LogP contribution in [-0.2, 0) is 0 Å². The third-order valence-corrected chi connectivity index (χ3v) is 11.9. The van der Waals surface area contributed by atoms with Crippen LogP contribution in [0.5, 0.6) is 0 Å². The summed E-state index contributed by atoms with van der Waals surface area (Å²) in [4.78, 5) is 36.4. The van der Waals surface area contributed by atoms with Crippen LogP contribution in [-0.4, -0.2) is 49.0 Å². The summed E-state index contributed by atoms with van der Waals surface area (Å²) in [6.07, 6.45) is 13.8. The van der Waals surface area contributed by atoms with E-state index in [2.05, 4.69) is 85.4 Å². The lowest BCUT2D eigenvalue weighted by molar-refractivity contribution is 0.589. The molecule has 0 aliphatic carbocycles. The predicted octanol–water partition coefficient (Wildman–Crippen LogP) is 12.0. The van der Waals surface area contributed by atoms with Crippen molar-refractivity contribution in [2.24, 2.45) is 0 Å². The molecule has 0 radical (unpaired) electrons. The van der Waals surface area contributed by atoms with Gasteiger partial charge in [0.25, 0.3) is 0 Å². The molecule has 12 heteroatoms. The maximum Gasteiger partial charge on any atom is 0.159 e. The highest BCUT2D eigenvalue weighted by Crippen LogP contribution is 2.44. The minimum absolute atomic E-state index is 0.127. The van der Waals surface area contributed by atoms with Crippen LogP contribution in [0.4, 0.5) is 8.78 Å². The molecule has 0 fully saturated rings. The first-order chi connectivity index (χ1) is 32.0. The van der Waals surface area contributed by atoms with Crippen molar-refractivity contribution in [3.8, 4) is 68.1 Å². The van der Waals surface area contributed by atoms with E-state index in [0.29, 0.717) is 34.5 Å². The van der Waals surface area contributed by atoms with Gasteiger partial charge in [-0.15, -0.1) is 0 Å². The van der Waals surface area contributed by atoms with Gasteiger partial charge in [0.15, 0.2) is 23.3 Å². The second-order valence-corrected chi connectivity index (χ2v) is 15.6. The molecule has 0 saturated carbocycles. The van der Waals surface area contributed by atoms with Crippen molar-refractivity contribution in [2.75, 3.05) is 0 Å². The van der Waals surface area contributed by atoms with Gasteiger partial charge in [-0.25, -0.2) is 48.7 Å². The summed E-state index contributed by atoms with van der Waals surface area (Å²) in [6, 6.07) is 39.4. The largest absolute Gasteiger partial charge is 0.309 e. The second kappa shape index (κ2) is 15.2. The molecule has 0 spiro atoms. The molecule has 0 aliphatic rings. The van der Waals surface area contributed by atoms with Crippen molar-refractivity contribution in [3.63, 3.8) is 0 Å². The van der Waals surface area contributed by atoms with E-state index in [4.69, 9.17) is 0 Å². The third kappa shape index (κ3) is 6.22. The normalized spacial score (nSPS) is 11.6. The first-order valence-electron chi connectivity index (χ1n) is 20.8. The predicted molar refractivity (Wildman–Crippen MR) is 249 cm³/mol. The number of rotatable bonds is 7.